The minimum Gasteiger partial charge on any atom is -0.485 e. The Hall–Kier alpha value is -0.820. The topological polar surface area (TPSA) is 83.8 Å². The predicted octanol–water partition coefficient (Wildman–Crippen LogP) is 0.369. The van der Waals surface area contributed by atoms with Crippen molar-refractivity contribution in [2.24, 2.45) is 0 Å². The zero-order chi connectivity index (χ0) is 13.3. The van der Waals surface area contributed by atoms with Crippen LogP contribution in [0.2, 0.25) is 5.02 Å². The van der Waals surface area contributed by atoms with E-state index in [0.29, 0.717) is 11.3 Å². The van der Waals surface area contributed by atoms with E-state index in [9.17, 15) is 13.5 Å². The molecule has 2 atom stereocenters. The highest BCUT2D eigenvalue weighted by atomic mass is 35.5. The second-order valence-corrected chi connectivity index (χ2v) is 6.78. The Morgan fingerprint density at radius 3 is 2.61 bits per heavy atom. The third kappa shape index (κ3) is 2.95. The van der Waals surface area contributed by atoms with Gasteiger partial charge in [0.25, 0.3) is 0 Å². The summed E-state index contributed by atoms with van der Waals surface area (Å²) in [6, 6.07) is 4.70. The standard InChI is InChI=1S/C11H13ClO5S/c12-8-3-7(4-13)1-2-10(8)17-11-6-18(15,16)5-9(11)14/h1-3,9,11,13-14H,4-6H2. The summed E-state index contributed by atoms with van der Waals surface area (Å²) in [6.07, 6.45) is -1.84. The van der Waals surface area contributed by atoms with Crippen LogP contribution in [0.3, 0.4) is 0 Å². The lowest BCUT2D eigenvalue weighted by Crippen LogP contribution is -2.29. The molecule has 2 N–H and O–H groups in total. The number of sulfone groups is 1. The first-order chi connectivity index (χ1) is 8.41. The van der Waals surface area contributed by atoms with E-state index in [1.807, 2.05) is 0 Å². The Bertz CT molecular complexity index is 542. The van der Waals surface area contributed by atoms with Gasteiger partial charge in [-0.3, -0.25) is 0 Å². The summed E-state index contributed by atoms with van der Waals surface area (Å²) in [7, 11) is -3.25. The first-order valence-electron chi connectivity index (χ1n) is 5.36. The fourth-order valence-corrected chi connectivity index (χ4v) is 3.72. The molecule has 1 saturated heterocycles. The normalized spacial score (nSPS) is 26.2. The van der Waals surface area contributed by atoms with Crippen molar-refractivity contribution in [1.29, 1.82) is 0 Å². The summed E-state index contributed by atoms with van der Waals surface area (Å²) in [6.45, 7) is -0.138. The third-order valence-electron chi connectivity index (χ3n) is 2.73. The fourth-order valence-electron chi connectivity index (χ4n) is 1.81. The maximum Gasteiger partial charge on any atom is 0.156 e. The van der Waals surface area contributed by atoms with Crippen LogP contribution in [0.5, 0.6) is 5.75 Å². The van der Waals surface area contributed by atoms with Gasteiger partial charge in [-0.15, -0.1) is 0 Å². The molecule has 5 nitrogen and oxygen atoms in total. The quantitative estimate of drug-likeness (QED) is 0.841. The second-order valence-electron chi connectivity index (χ2n) is 4.22. The van der Waals surface area contributed by atoms with Gasteiger partial charge < -0.3 is 14.9 Å². The zero-order valence-electron chi connectivity index (χ0n) is 9.41. The van der Waals surface area contributed by atoms with Crippen LogP contribution < -0.4 is 4.74 Å². The second kappa shape index (κ2) is 5.05. The van der Waals surface area contributed by atoms with E-state index in [2.05, 4.69) is 0 Å². The number of benzene rings is 1. The fraction of sp³-hybridized carbons (Fsp3) is 0.455. The SMILES string of the molecule is O=S1(=O)CC(O)C(Oc2ccc(CO)cc2Cl)C1. The number of rotatable bonds is 3. The number of aliphatic hydroxyl groups excluding tert-OH is 2. The highest BCUT2D eigenvalue weighted by Gasteiger charge is 2.38. The van der Waals surface area contributed by atoms with Gasteiger partial charge in [0.1, 0.15) is 18.0 Å². The zero-order valence-corrected chi connectivity index (χ0v) is 11.0. The first-order valence-corrected chi connectivity index (χ1v) is 7.55. The number of hydrogen-bond acceptors (Lipinski definition) is 5. The van der Waals surface area contributed by atoms with E-state index < -0.39 is 22.0 Å². The summed E-state index contributed by atoms with van der Waals surface area (Å²) in [4.78, 5) is 0. The van der Waals surface area contributed by atoms with Gasteiger partial charge >= 0.3 is 0 Å². The molecule has 1 aromatic rings. The van der Waals surface area contributed by atoms with Gasteiger partial charge in [-0.2, -0.15) is 0 Å². The van der Waals surface area contributed by atoms with E-state index in [1.165, 1.54) is 6.07 Å². The summed E-state index contributed by atoms with van der Waals surface area (Å²) in [5.41, 5.74) is 0.631. The maximum absolute atomic E-state index is 11.3. The van der Waals surface area contributed by atoms with Gasteiger partial charge in [0.15, 0.2) is 9.84 Å². The molecule has 0 radical (unpaired) electrons. The number of halogens is 1. The molecular formula is C11H13ClO5S. The lowest BCUT2D eigenvalue weighted by atomic mass is 10.2. The molecule has 7 heteroatoms. The molecule has 2 rings (SSSR count). The minimum atomic E-state index is -3.25. The Balaban J connectivity index is 2.15. The Labute approximate surface area is 110 Å². The van der Waals surface area contributed by atoms with Gasteiger partial charge in [0, 0.05) is 0 Å². The van der Waals surface area contributed by atoms with Crippen LogP contribution in [0.25, 0.3) is 0 Å². The van der Waals surface area contributed by atoms with Crippen molar-refractivity contribution < 1.29 is 23.4 Å². The van der Waals surface area contributed by atoms with Crippen LogP contribution in [0.1, 0.15) is 5.56 Å². The van der Waals surface area contributed by atoms with Crippen molar-refractivity contribution in [3.8, 4) is 5.75 Å². The molecule has 1 aliphatic rings. The van der Waals surface area contributed by atoms with Gasteiger partial charge in [-0.05, 0) is 17.7 Å². The Morgan fingerprint density at radius 1 is 1.39 bits per heavy atom. The van der Waals surface area contributed by atoms with Gasteiger partial charge in [-0.25, -0.2) is 8.42 Å². The van der Waals surface area contributed by atoms with Crippen molar-refractivity contribution in [2.75, 3.05) is 11.5 Å². The van der Waals surface area contributed by atoms with E-state index in [1.54, 1.807) is 12.1 Å². The molecule has 100 valence electrons. The van der Waals surface area contributed by atoms with Crippen LogP contribution in [0.4, 0.5) is 0 Å². The van der Waals surface area contributed by atoms with Crippen molar-refractivity contribution in [2.45, 2.75) is 18.8 Å². The summed E-state index contributed by atoms with van der Waals surface area (Å²) >= 11 is 5.94. The molecule has 18 heavy (non-hydrogen) atoms. The molecule has 0 spiro atoms. The third-order valence-corrected chi connectivity index (χ3v) is 4.71. The van der Waals surface area contributed by atoms with Crippen LogP contribution in [-0.2, 0) is 16.4 Å². The molecular weight excluding hydrogens is 280 g/mol. The molecule has 2 unspecified atom stereocenters. The molecule has 0 aromatic heterocycles. The van der Waals surface area contributed by atoms with Gasteiger partial charge in [-0.1, -0.05) is 17.7 Å². The van der Waals surface area contributed by atoms with Crippen molar-refractivity contribution in [3.05, 3.63) is 28.8 Å². The minimum absolute atomic E-state index is 0.138. The average molecular weight is 293 g/mol. The first kappa shape index (κ1) is 13.6. The summed E-state index contributed by atoms with van der Waals surface area (Å²) in [5, 5.41) is 18.8. The van der Waals surface area contributed by atoms with E-state index >= 15 is 0 Å². The van der Waals surface area contributed by atoms with E-state index in [4.69, 9.17) is 21.4 Å². The van der Waals surface area contributed by atoms with E-state index in [-0.39, 0.29) is 23.1 Å². The largest absolute Gasteiger partial charge is 0.485 e. The molecule has 1 aliphatic heterocycles. The highest BCUT2D eigenvalue weighted by Crippen LogP contribution is 2.28. The van der Waals surface area contributed by atoms with Crippen molar-refractivity contribution in [3.63, 3.8) is 0 Å². The summed E-state index contributed by atoms with van der Waals surface area (Å²) in [5.74, 6) is -0.203. The highest BCUT2D eigenvalue weighted by molar-refractivity contribution is 7.91. The van der Waals surface area contributed by atoms with Crippen LogP contribution >= 0.6 is 11.6 Å². The Morgan fingerprint density at radius 2 is 2.11 bits per heavy atom. The maximum atomic E-state index is 11.3. The molecule has 1 heterocycles. The molecule has 0 bridgehead atoms. The number of ether oxygens (including phenoxy) is 1. The van der Waals surface area contributed by atoms with Crippen molar-refractivity contribution in [1.82, 2.24) is 0 Å². The monoisotopic (exact) mass is 292 g/mol. The van der Waals surface area contributed by atoms with Crippen molar-refractivity contribution >= 4 is 21.4 Å². The lowest BCUT2D eigenvalue weighted by molar-refractivity contribution is 0.0738. The molecule has 0 saturated carbocycles. The smallest absolute Gasteiger partial charge is 0.156 e. The molecule has 1 fully saturated rings. The van der Waals surface area contributed by atoms with Gasteiger partial charge in [0.2, 0.25) is 0 Å². The van der Waals surface area contributed by atoms with Gasteiger partial charge in [0.05, 0.1) is 23.1 Å². The molecule has 0 aliphatic carbocycles. The number of aliphatic hydroxyl groups is 2. The van der Waals surface area contributed by atoms with Crippen LogP contribution in [0, 0.1) is 0 Å². The molecule has 0 amide bonds. The average Bonchev–Trinajstić information content (AvgIpc) is 2.54. The Kier molecular flexibility index (Phi) is 3.82. The summed E-state index contributed by atoms with van der Waals surface area (Å²) < 4.78 is 28.1. The lowest BCUT2D eigenvalue weighted by Gasteiger charge is -2.16. The van der Waals surface area contributed by atoms with E-state index in [0.717, 1.165) is 0 Å². The van der Waals surface area contributed by atoms with Crippen LogP contribution in [-0.4, -0.2) is 42.3 Å². The predicted molar refractivity (Wildman–Crippen MR) is 66.5 cm³/mol. The van der Waals surface area contributed by atoms with Crippen LogP contribution in [0.15, 0.2) is 18.2 Å². The number of hydrogen-bond donors (Lipinski definition) is 2. The molecule has 1 aromatic carbocycles.